The Bertz CT molecular complexity index is 558. The molecule has 1 heterocycles. The highest BCUT2D eigenvalue weighted by Gasteiger charge is 2.25. The standard InChI is InChI=1S/C11H14N4O5/c1-5(2)8(9(12)16)14-10-7(15(19)20)4-3-6(13-10)11(17)18/h3-5,8H,1-2H3,(H2,12,16)(H,13,14)(H,17,18). The number of carbonyl (C=O) groups is 2. The maximum Gasteiger partial charge on any atom is 0.354 e. The number of anilines is 1. The molecular weight excluding hydrogens is 268 g/mol. The molecule has 20 heavy (non-hydrogen) atoms. The average molecular weight is 282 g/mol. The molecule has 108 valence electrons. The molecule has 0 fully saturated rings. The Balaban J connectivity index is 3.25. The smallest absolute Gasteiger partial charge is 0.354 e. The fourth-order valence-corrected chi connectivity index (χ4v) is 1.54. The predicted octanol–water partition coefficient (Wildman–Crippen LogP) is 0.610. The van der Waals surface area contributed by atoms with Crippen LogP contribution in [0.4, 0.5) is 11.5 Å². The normalized spacial score (nSPS) is 11.9. The number of rotatable bonds is 6. The zero-order chi connectivity index (χ0) is 15.4. The monoisotopic (exact) mass is 282 g/mol. The first-order valence-corrected chi connectivity index (χ1v) is 5.68. The lowest BCUT2D eigenvalue weighted by Gasteiger charge is -2.19. The molecule has 0 aromatic carbocycles. The highest BCUT2D eigenvalue weighted by atomic mass is 16.6. The molecule has 0 aliphatic rings. The number of carbonyl (C=O) groups excluding carboxylic acids is 1. The number of pyridine rings is 1. The molecule has 1 rings (SSSR count). The van der Waals surface area contributed by atoms with Crippen LogP contribution in [-0.4, -0.2) is 32.9 Å². The van der Waals surface area contributed by atoms with Crippen molar-refractivity contribution in [2.45, 2.75) is 19.9 Å². The van der Waals surface area contributed by atoms with Crippen LogP contribution in [0.3, 0.4) is 0 Å². The third-order valence-corrected chi connectivity index (χ3v) is 2.56. The van der Waals surface area contributed by atoms with Crippen LogP contribution >= 0.6 is 0 Å². The van der Waals surface area contributed by atoms with E-state index in [0.717, 1.165) is 12.1 Å². The van der Waals surface area contributed by atoms with Gasteiger partial charge in [0.1, 0.15) is 6.04 Å². The number of nitrogens with zero attached hydrogens (tertiary/aromatic N) is 2. The minimum absolute atomic E-state index is 0.248. The van der Waals surface area contributed by atoms with Crippen LogP contribution in [0.1, 0.15) is 24.3 Å². The SMILES string of the molecule is CC(C)C(Nc1nc(C(=O)O)ccc1[N+](=O)[O-])C(N)=O. The maximum atomic E-state index is 11.3. The van der Waals surface area contributed by atoms with Crippen molar-refractivity contribution in [2.75, 3.05) is 5.32 Å². The minimum Gasteiger partial charge on any atom is -0.477 e. The van der Waals surface area contributed by atoms with Crippen molar-refractivity contribution < 1.29 is 19.6 Å². The van der Waals surface area contributed by atoms with Gasteiger partial charge in [-0.3, -0.25) is 14.9 Å². The number of primary amides is 1. The molecule has 1 aromatic heterocycles. The fraction of sp³-hybridized carbons (Fsp3) is 0.364. The Kier molecular flexibility index (Phi) is 4.57. The van der Waals surface area contributed by atoms with Crippen molar-refractivity contribution in [3.05, 3.63) is 27.9 Å². The van der Waals surface area contributed by atoms with E-state index in [2.05, 4.69) is 10.3 Å². The van der Waals surface area contributed by atoms with Gasteiger partial charge in [-0.2, -0.15) is 0 Å². The number of hydrogen-bond acceptors (Lipinski definition) is 6. The van der Waals surface area contributed by atoms with Gasteiger partial charge in [0.15, 0.2) is 5.69 Å². The number of amides is 1. The van der Waals surface area contributed by atoms with E-state index in [1.807, 2.05) is 0 Å². The molecule has 1 atom stereocenters. The van der Waals surface area contributed by atoms with Crippen LogP contribution < -0.4 is 11.1 Å². The Morgan fingerprint density at radius 3 is 2.45 bits per heavy atom. The van der Waals surface area contributed by atoms with E-state index in [1.165, 1.54) is 0 Å². The number of aromatic nitrogens is 1. The zero-order valence-electron chi connectivity index (χ0n) is 10.9. The lowest BCUT2D eigenvalue weighted by atomic mass is 10.0. The van der Waals surface area contributed by atoms with Gasteiger partial charge in [0.25, 0.3) is 0 Å². The molecule has 0 saturated carbocycles. The highest BCUT2D eigenvalue weighted by molar-refractivity contribution is 5.87. The first-order chi connectivity index (χ1) is 9.23. The molecule has 9 heteroatoms. The van der Waals surface area contributed by atoms with E-state index in [0.29, 0.717) is 0 Å². The summed E-state index contributed by atoms with van der Waals surface area (Å²) >= 11 is 0. The van der Waals surface area contributed by atoms with Crippen molar-refractivity contribution in [3.8, 4) is 0 Å². The van der Waals surface area contributed by atoms with Gasteiger partial charge in [0.2, 0.25) is 11.7 Å². The summed E-state index contributed by atoms with van der Waals surface area (Å²) < 4.78 is 0. The molecule has 0 aliphatic carbocycles. The Hall–Kier alpha value is -2.71. The van der Waals surface area contributed by atoms with Gasteiger partial charge in [0.05, 0.1) is 4.92 Å². The van der Waals surface area contributed by atoms with E-state index < -0.39 is 28.5 Å². The number of nitrogens with one attached hydrogen (secondary N) is 1. The third-order valence-electron chi connectivity index (χ3n) is 2.56. The van der Waals surface area contributed by atoms with Crippen LogP contribution in [0.25, 0.3) is 0 Å². The van der Waals surface area contributed by atoms with Gasteiger partial charge in [-0.15, -0.1) is 0 Å². The summed E-state index contributed by atoms with van der Waals surface area (Å²) in [6, 6.07) is 1.13. The number of aromatic carboxylic acids is 1. The second-order valence-electron chi connectivity index (χ2n) is 4.39. The molecule has 9 nitrogen and oxygen atoms in total. The summed E-state index contributed by atoms with van der Waals surface area (Å²) in [6.45, 7) is 3.38. The number of nitrogens with two attached hydrogens (primary N) is 1. The van der Waals surface area contributed by atoms with Crippen molar-refractivity contribution in [1.29, 1.82) is 0 Å². The van der Waals surface area contributed by atoms with Crippen molar-refractivity contribution in [2.24, 2.45) is 11.7 Å². The molecule has 0 saturated heterocycles. The van der Waals surface area contributed by atoms with Gasteiger partial charge in [-0.05, 0) is 12.0 Å². The van der Waals surface area contributed by atoms with E-state index >= 15 is 0 Å². The van der Waals surface area contributed by atoms with Gasteiger partial charge in [0, 0.05) is 6.07 Å². The van der Waals surface area contributed by atoms with Crippen LogP contribution in [0, 0.1) is 16.0 Å². The summed E-state index contributed by atoms with van der Waals surface area (Å²) in [7, 11) is 0. The maximum absolute atomic E-state index is 11.3. The molecule has 1 unspecified atom stereocenters. The van der Waals surface area contributed by atoms with E-state index in [-0.39, 0.29) is 17.4 Å². The zero-order valence-corrected chi connectivity index (χ0v) is 10.9. The second-order valence-corrected chi connectivity index (χ2v) is 4.39. The van der Waals surface area contributed by atoms with Crippen molar-refractivity contribution in [3.63, 3.8) is 0 Å². The molecule has 0 radical (unpaired) electrons. The molecule has 4 N–H and O–H groups in total. The molecule has 1 amide bonds. The second kappa shape index (κ2) is 5.95. The molecule has 0 bridgehead atoms. The number of carboxylic acids is 1. The first kappa shape index (κ1) is 15.3. The largest absolute Gasteiger partial charge is 0.477 e. The summed E-state index contributed by atoms with van der Waals surface area (Å²) in [4.78, 5) is 35.9. The van der Waals surface area contributed by atoms with Gasteiger partial charge in [-0.25, -0.2) is 9.78 Å². The van der Waals surface area contributed by atoms with Crippen LogP contribution in [0.2, 0.25) is 0 Å². The highest BCUT2D eigenvalue weighted by Crippen LogP contribution is 2.24. The predicted molar refractivity (Wildman–Crippen MR) is 69.3 cm³/mol. The summed E-state index contributed by atoms with van der Waals surface area (Å²) in [5.74, 6) is -2.59. The van der Waals surface area contributed by atoms with Gasteiger partial charge in [-0.1, -0.05) is 13.8 Å². The number of hydrogen-bond donors (Lipinski definition) is 3. The average Bonchev–Trinajstić information content (AvgIpc) is 2.34. The lowest BCUT2D eigenvalue weighted by molar-refractivity contribution is -0.384. The quantitative estimate of drug-likeness (QED) is 0.511. The third kappa shape index (κ3) is 3.40. The topological polar surface area (TPSA) is 148 Å². The molecule has 0 spiro atoms. The summed E-state index contributed by atoms with van der Waals surface area (Å²) in [5, 5.41) is 22.3. The Labute approximate surface area is 114 Å². The summed E-state index contributed by atoms with van der Waals surface area (Å²) in [6.07, 6.45) is 0. The fourth-order valence-electron chi connectivity index (χ4n) is 1.54. The Morgan fingerprint density at radius 1 is 1.45 bits per heavy atom. The van der Waals surface area contributed by atoms with Gasteiger partial charge >= 0.3 is 11.7 Å². The van der Waals surface area contributed by atoms with Crippen LogP contribution in [-0.2, 0) is 4.79 Å². The van der Waals surface area contributed by atoms with Crippen LogP contribution in [0.5, 0.6) is 0 Å². The molecule has 1 aromatic rings. The number of carboxylic acid groups (broad SMARTS) is 1. The van der Waals surface area contributed by atoms with E-state index in [1.54, 1.807) is 13.8 Å². The molecular formula is C11H14N4O5. The Morgan fingerprint density at radius 2 is 2.05 bits per heavy atom. The van der Waals surface area contributed by atoms with E-state index in [4.69, 9.17) is 10.8 Å². The minimum atomic E-state index is -1.33. The lowest BCUT2D eigenvalue weighted by Crippen LogP contribution is -2.40. The first-order valence-electron chi connectivity index (χ1n) is 5.68. The summed E-state index contributed by atoms with van der Waals surface area (Å²) in [5.41, 5.74) is 4.40. The van der Waals surface area contributed by atoms with E-state index in [9.17, 15) is 19.7 Å². The number of nitro groups is 1. The van der Waals surface area contributed by atoms with Gasteiger partial charge < -0.3 is 16.2 Å². The van der Waals surface area contributed by atoms with Crippen LogP contribution in [0.15, 0.2) is 12.1 Å². The van der Waals surface area contributed by atoms with Crippen molar-refractivity contribution in [1.82, 2.24) is 4.98 Å². The van der Waals surface area contributed by atoms with Crippen molar-refractivity contribution >= 4 is 23.4 Å². The molecule has 0 aliphatic heterocycles.